The van der Waals surface area contributed by atoms with Crippen LogP contribution in [-0.2, 0) is 0 Å². The average Bonchev–Trinajstić information content (AvgIpc) is 2.79. The molecule has 5 nitrogen and oxygen atoms in total. The van der Waals surface area contributed by atoms with E-state index in [0.29, 0.717) is 12.6 Å². The summed E-state index contributed by atoms with van der Waals surface area (Å²) in [7, 11) is 0. The van der Waals surface area contributed by atoms with E-state index in [-0.39, 0.29) is 12.1 Å². The highest BCUT2D eigenvalue weighted by Crippen LogP contribution is 2.28. The lowest BCUT2D eigenvalue weighted by Crippen LogP contribution is -2.52. The molecule has 2 atom stereocenters. The fourth-order valence-electron chi connectivity index (χ4n) is 4.44. The second kappa shape index (κ2) is 7.18. The minimum absolute atomic E-state index is 0.102. The number of hydrogen-bond acceptors (Lipinski definition) is 3. The molecule has 3 N–H and O–H groups in total. The summed E-state index contributed by atoms with van der Waals surface area (Å²) >= 11 is 0. The van der Waals surface area contributed by atoms with Gasteiger partial charge < -0.3 is 15.7 Å². The third kappa shape index (κ3) is 3.93. The van der Waals surface area contributed by atoms with E-state index in [0.717, 1.165) is 38.6 Å². The predicted molar refractivity (Wildman–Crippen MR) is 86.8 cm³/mol. The molecule has 2 unspecified atom stereocenters. The molecule has 0 bridgehead atoms. The zero-order valence-corrected chi connectivity index (χ0v) is 13.6. The van der Waals surface area contributed by atoms with Gasteiger partial charge in [-0.05, 0) is 38.6 Å². The molecule has 0 aromatic carbocycles. The number of piperidine rings is 1. The predicted octanol–water partition coefficient (Wildman–Crippen LogP) is 2.00. The molecule has 0 radical (unpaired) electrons. The fourth-order valence-corrected chi connectivity index (χ4v) is 4.44. The van der Waals surface area contributed by atoms with Crippen LogP contribution in [0.2, 0.25) is 0 Å². The van der Waals surface area contributed by atoms with Crippen LogP contribution in [0, 0.1) is 0 Å². The summed E-state index contributed by atoms with van der Waals surface area (Å²) in [5.74, 6) is 0. The maximum Gasteiger partial charge on any atom is 0.315 e. The van der Waals surface area contributed by atoms with Gasteiger partial charge in [0.2, 0.25) is 0 Å². The smallest absolute Gasteiger partial charge is 0.315 e. The number of nitrogens with one attached hydrogen (secondary N) is 2. The lowest BCUT2D eigenvalue weighted by molar-refractivity contribution is 0.0275. The van der Waals surface area contributed by atoms with Gasteiger partial charge in [0.15, 0.2) is 0 Å². The Labute approximate surface area is 133 Å². The monoisotopic (exact) mass is 309 g/mol. The summed E-state index contributed by atoms with van der Waals surface area (Å²) in [6.07, 6.45) is 11.0. The van der Waals surface area contributed by atoms with E-state index < -0.39 is 5.60 Å². The van der Waals surface area contributed by atoms with Crippen LogP contribution in [0.1, 0.15) is 64.2 Å². The molecule has 0 aromatic heterocycles. The van der Waals surface area contributed by atoms with Gasteiger partial charge in [0.05, 0.1) is 5.60 Å². The maximum atomic E-state index is 12.2. The van der Waals surface area contributed by atoms with Crippen LogP contribution in [0.5, 0.6) is 0 Å². The van der Waals surface area contributed by atoms with Gasteiger partial charge in [-0.15, -0.1) is 0 Å². The van der Waals surface area contributed by atoms with Crippen LogP contribution in [0.15, 0.2) is 0 Å². The lowest BCUT2D eigenvalue weighted by atomic mass is 9.94. The van der Waals surface area contributed by atoms with E-state index in [2.05, 4.69) is 15.5 Å². The zero-order valence-electron chi connectivity index (χ0n) is 13.6. The highest BCUT2D eigenvalue weighted by molar-refractivity contribution is 5.74. The molecule has 126 valence electrons. The molecule has 5 heteroatoms. The van der Waals surface area contributed by atoms with Crippen molar-refractivity contribution in [2.45, 2.75) is 81.9 Å². The molecular formula is C17H31N3O2. The van der Waals surface area contributed by atoms with Crippen LogP contribution < -0.4 is 10.6 Å². The third-order valence-electron chi connectivity index (χ3n) is 5.78. The second-order valence-corrected chi connectivity index (χ2v) is 7.46. The minimum atomic E-state index is -0.694. The number of carbonyl (C=O) groups excluding carboxylic acids is 1. The van der Waals surface area contributed by atoms with E-state index in [9.17, 15) is 9.90 Å². The Morgan fingerprint density at radius 3 is 2.59 bits per heavy atom. The van der Waals surface area contributed by atoms with Crippen molar-refractivity contribution in [3.63, 3.8) is 0 Å². The molecule has 2 amide bonds. The number of rotatable bonds is 3. The molecule has 3 aliphatic rings. The van der Waals surface area contributed by atoms with Gasteiger partial charge >= 0.3 is 6.03 Å². The molecular weight excluding hydrogens is 278 g/mol. The molecule has 0 aromatic rings. The van der Waals surface area contributed by atoms with Crippen LogP contribution in [-0.4, -0.2) is 53.4 Å². The van der Waals surface area contributed by atoms with Crippen LogP contribution in [0.3, 0.4) is 0 Å². The SMILES string of the molecule is O=C(NCC1(O)CCCCCC1)NC1CCN2CCCCC12. The first kappa shape index (κ1) is 16.1. The summed E-state index contributed by atoms with van der Waals surface area (Å²) in [5.41, 5.74) is -0.694. The molecule has 2 saturated heterocycles. The van der Waals surface area contributed by atoms with Crippen LogP contribution in [0.4, 0.5) is 4.79 Å². The second-order valence-electron chi connectivity index (χ2n) is 7.46. The Morgan fingerprint density at radius 2 is 1.82 bits per heavy atom. The van der Waals surface area contributed by atoms with Crippen molar-refractivity contribution in [1.29, 1.82) is 0 Å². The van der Waals surface area contributed by atoms with Gasteiger partial charge in [0, 0.05) is 25.2 Å². The third-order valence-corrected chi connectivity index (χ3v) is 5.78. The van der Waals surface area contributed by atoms with Crippen molar-refractivity contribution in [3.8, 4) is 0 Å². The van der Waals surface area contributed by atoms with Gasteiger partial charge in [-0.2, -0.15) is 0 Å². The normalized spacial score (nSPS) is 32.0. The van der Waals surface area contributed by atoms with Crippen LogP contribution in [0.25, 0.3) is 0 Å². The van der Waals surface area contributed by atoms with E-state index in [1.165, 1.54) is 38.6 Å². The number of hydrogen-bond donors (Lipinski definition) is 3. The number of fused-ring (bicyclic) bond motifs is 1. The largest absolute Gasteiger partial charge is 0.388 e. The number of aliphatic hydroxyl groups is 1. The Balaban J connectivity index is 1.44. The van der Waals surface area contributed by atoms with Crippen molar-refractivity contribution in [2.24, 2.45) is 0 Å². The van der Waals surface area contributed by atoms with Crippen molar-refractivity contribution >= 4 is 6.03 Å². The van der Waals surface area contributed by atoms with Gasteiger partial charge in [0.25, 0.3) is 0 Å². The van der Waals surface area contributed by atoms with Crippen molar-refractivity contribution in [1.82, 2.24) is 15.5 Å². The lowest BCUT2D eigenvalue weighted by Gasteiger charge is -2.33. The first-order chi connectivity index (χ1) is 10.7. The molecule has 2 aliphatic heterocycles. The van der Waals surface area contributed by atoms with Gasteiger partial charge in [-0.1, -0.05) is 32.1 Å². The summed E-state index contributed by atoms with van der Waals surface area (Å²) < 4.78 is 0. The molecule has 2 heterocycles. The molecule has 0 spiro atoms. The Hall–Kier alpha value is -0.810. The molecule has 3 fully saturated rings. The summed E-state index contributed by atoms with van der Waals surface area (Å²) in [6, 6.07) is 0.708. The van der Waals surface area contributed by atoms with Crippen molar-refractivity contribution in [2.75, 3.05) is 19.6 Å². The topological polar surface area (TPSA) is 64.6 Å². The first-order valence-electron chi connectivity index (χ1n) is 9.17. The number of urea groups is 1. The highest BCUT2D eigenvalue weighted by atomic mass is 16.3. The van der Waals surface area contributed by atoms with Gasteiger partial charge in [0.1, 0.15) is 0 Å². The molecule has 1 aliphatic carbocycles. The summed E-state index contributed by atoms with van der Waals surface area (Å²) in [4.78, 5) is 14.7. The molecule has 3 rings (SSSR count). The fraction of sp³-hybridized carbons (Fsp3) is 0.941. The van der Waals surface area contributed by atoms with Crippen LogP contribution >= 0.6 is 0 Å². The molecule has 22 heavy (non-hydrogen) atoms. The average molecular weight is 309 g/mol. The highest BCUT2D eigenvalue weighted by Gasteiger charge is 2.36. The minimum Gasteiger partial charge on any atom is -0.388 e. The number of carbonyl (C=O) groups is 1. The van der Waals surface area contributed by atoms with Gasteiger partial charge in [-0.3, -0.25) is 4.90 Å². The molecule has 1 saturated carbocycles. The standard InChI is InChI=1S/C17H31N3O2/c21-16(18-13-17(22)9-4-1-2-5-10-17)19-14-8-12-20-11-6-3-7-15(14)20/h14-15,22H,1-13H2,(H2,18,19,21). The van der Waals surface area contributed by atoms with E-state index in [1.807, 2.05) is 0 Å². The van der Waals surface area contributed by atoms with Crippen molar-refractivity contribution < 1.29 is 9.90 Å². The van der Waals surface area contributed by atoms with E-state index in [1.54, 1.807) is 0 Å². The van der Waals surface area contributed by atoms with Gasteiger partial charge in [-0.25, -0.2) is 4.79 Å². The van der Waals surface area contributed by atoms with Crippen molar-refractivity contribution in [3.05, 3.63) is 0 Å². The number of amides is 2. The number of nitrogens with zero attached hydrogens (tertiary/aromatic N) is 1. The first-order valence-corrected chi connectivity index (χ1v) is 9.17. The quantitative estimate of drug-likeness (QED) is 0.699. The Bertz CT molecular complexity index is 380. The Kier molecular flexibility index (Phi) is 5.24. The van der Waals surface area contributed by atoms with E-state index >= 15 is 0 Å². The maximum absolute atomic E-state index is 12.2. The Morgan fingerprint density at radius 1 is 1.05 bits per heavy atom. The summed E-state index contributed by atoms with van der Waals surface area (Å²) in [6.45, 7) is 2.68. The summed E-state index contributed by atoms with van der Waals surface area (Å²) in [5, 5.41) is 16.7. The van der Waals surface area contributed by atoms with E-state index in [4.69, 9.17) is 0 Å². The zero-order chi connectivity index (χ0) is 15.4.